The number of nitrogens with zero attached hydrogens (tertiary/aromatic N) is 2. The third-order valence-electron chi connectivity index (χ3n) is 4.90. The molecule has 0 spiro atoms. The molecule has 3 atom stereocenters. The van der Waals surface area contributed by atoms with E-state index in [-0.39, 0.29) is 29.3 Å². The summed E-state index contributed by atoms with van der Waals surface area (Å²) in [7, 11) is 0. The predicted octanol–water partition coefficient (Wildman–Crippen LogP) is 3.59. The number of nitrogens with two attached hydrogens (primary N) is 1. The summed E-state index contributed by atoms with van der Waals surface area (Å²) in [6, 6.07) is 3.93. The van der Waals surface area contributed by atoms with Gasteiger partial charge in [-0.2, -0.15) is 0 Å². The highest BCUT2D eigenvalue weighted by molar-refractivity contribution is 5.95. The van der Waals surface area contributed by atoms with E-state index < -0.39 is 29.6 Å². The molecular formula is C19H20F3N3O2. The molecule has 2 aromatic rings. The van der Waals surface area contributed by atoms with Crippen LogP contribution in [0, 0.1) is 12.7 Å². The second-order valence-corrected chi connectivity index (χ2v) is 7.18. The zero-order valence-corrected chi connectivity index (χ0v) is 15.2. The Morgan fingerprint density at radius 1 is 1.41 bits per heavy atom. The van der Waals surface area contributed by atoms with Crippen LogP contribution < -0.4 is 5.73 Å². The third-order valence-corrected chi connectivity index (χ3v) is 4.90. The number of oxazole rings is 1. The van der Waals surface area contributed by atoms with Crippen LogP contribution in [0.3, 0.4) is 0 Å². The van der Waals surface area contributed by atoms with Crippen molar-refractivity contribution in [2.75, 3.05) is 0 Å². The SMILES string of the molecule is Cc1nc(C(=O)Cc2ccc(F)c([C@@]3(C)N=C(N)[C@](C)(F)C[C@@H]3F)c2)co1. The van der Waals surface area contributed by atoms with Crippen LogP contribution in [0.15, 0.2) is 33.9 Å². The Hall–Kier alpha value is -2.64. The van der Waals surface area contributed by atoms with Crippen molar-refractivity contribution in [2.45, 2.75) is 51.0 Å². The fourth-order valence-electron chi connectivity index (χ4n) is 3.14. The summed E-state index contributed by atoms with van der Waals surface area (Å²) in [5, 5.41) is 0. The number of ketones is 1. The topological polar surface area (TPSA) is 81.5 Å². The van der Waals surface area contributed by atoms with E-state index in [9.17, 15) is 18.0 Å². The van der Waals surface area contributed by atoms with Crippen molar-refractivity contribution in [3.8, 4) is 0 Å². The molecule has 0 aliphatic carbocycles. The van der Waals surface area contributed by atoms with Crippen LogP contribution in [0.5, 0.6) is 0 Å². The molecule has 5 nitrogen and oxygen atoms in total. The van der Waals surface area contributed by atoms with Gasteiger partial charge in [0.15, 0.2) is 17.3 Å². The van der Waals surface area contributed by atoms with Gasteiger partial charge in [0.1, 0.15) is 35.3 Å². The second kappa shape index (κ2) is 6.51. The van der Waals surface area contributed by atoms with E-state index in [0.29, 0.717) is 11.5 Å². The van der Waals surface area contributed by atoms with E-state index >= 15 is 0 Å². The average molecular weight is 379 g/mol. The monoisotopic (exact) mass is 379 g/mol. The van der Waals surface area contributed by atoms with E-state index in [1.807, 2.05) is 0 Å². The lowest BCUT2D eigenvalue weighted by atomic mass is 9.78. The number of benzene rings is 1. The van der Waals surface area contributed by atoms with Crippen molar-refractivity contribution < 1.29 is 22.4 Å². The summed E-state index contributed by atoms with van der Waals surface area (Å²) < 4.78 is 48.5. The summed E-state index contributed by atoms with van der Waals surface area (Å²) in [4.78, 5) is 20.2. The highest BCUT2D eigenvalue weighted by Gasteiger charge is 2.49. The van der Waals surface area contributed by atoms with Gasteiger partial charge in [-0.25, -0.2) is 18.2 Å². The number of aryl methyl sites for hydroxylation is 1. The van der Waals surface area contributed by atoms with Crippen molar-refractivity contribution in [1.82, 2.24) is 4.98 Å². The smallest absolute Gasteiger partial charge is 0.191 e. The molecule has 0 fully saturated rings. The number of aliphatic imine (C=N–C) groups is 1. The van der Waals surface area contributed by atoms with E-state index in [1.54, 1.807) is 6.92 Å². The Morgan fingerprint density at radius 3 is 2.74 bits per heavy atom. The van der Waals surface area contributed by atoms with Crippen molar-refractivity contribution in [2.24, 2.45) is 10.7 Å². The first kappa shape index (κ1) is 19.1. The highest BCUT2D eigenvalue weighted by atomic mass is 19.2. The quantitative estimate of drug-likeness (QED) is 0.823. The number of amidine groups is 1. The number of hydrogen-bond donors (Lipinski definition) is 1. The van der Waals surface area contributed by atoms with Crippen LogP contribution in [0.4, 0.5) is 13.2 Å². The Balaban J connectivity index is 1.96. The molecule has 0 saturated heterocycles. The predicted molar refractivity (Wildman–Crippen MR) is 93.7 cm³/mol. The highest BCUT2D eigenvalue weighted by Crippen LogP contribution is 2.42. The van der Waals surface area contributed by atoms with E-state index in [2.05, 4.69) is 9.98 Å². The van der Waals surface area contributed by atoms with Gasteiger partial charge >= 0.3 is 0 Å². The summed E-state index contributed by atoms with van der Waals surface area (Å²) in [5.74, 6) is -1.05. The molecule has 2 heterocycles. The molecular weight excluding hydrogens is 359 g/mol. The molecule has 0 amide bonds. The molecule has 8 heteroatoms. The molecule has 1 aromatic heterocycles. The van der Waals surface area contributed by atoms with Crippen LogP contribution in [0.1, 0.15) is 47.8 Å². The van der Waals surface area contributed by atoms with E-state index in [4.69, 9.17) is 10.2 Å². The Morgan fingerprint density at radius 2 is 2.11 bits per heavy atom. The summed E-state index contributed by atoms with van der Waals surface area (Å²) in [5.41, 5.74) is 2.41. The second-order valence-electron chi connectivity index (χ2n) is 7.18. The van der Waals surface area contributed by atoms with Crippen molar-refractivity contribution >= 4 is 11.6 Å². The minimum Gasteiger partial charge on any atom is -0.449 e. The molecule has 144 valence electrons. The van der Waals surface area contributed by atoms with Gasteiger partial charge in [-0.15, -0.1) is 0 Å². The first-order chi connectivity index (χ1) is 12.5. The van der Waals surface area contributed by atoms with Gasteiger partial charge in [-0.3, -0.25) is 9.79 Å². The molecule has 0 saturated carbocycles. The van der Waals surface area contributed by atoms with Crippen molar-refractivity contribution in [3.05, 3.63) is 53.0 Å². The van der Waals surface area contributed by atoms with Gasteiger partial charge in [-0.05, 0) is 31.5 Å². The minimum absolute atomic E-state index is 0.0740. The molecule has 27 heavy (non-hydrogen) atoms. The van der Waals surface area contributed by atoms with Crippen LogP contribution in [0.2, 0.25) is 0 Å². The first-order valence-electron chi connectivity index (χ1n) is 8.46. The number of alkyl halides is 2. The molecule has 1 aliphatic heterocycles. The number of rotatable bonds is 4. The molecule has 2 N–H and O–H groups in total. The van der Waals surface area contributed by atoms with Gasteiger partial charge in [0.05, 0.1) is 0 Å². The zero-order chi connectivity index (χ0) is 20.0. The molecule has 0 unspecified atom stereocenters. The Kier molecular flexibility index (Phi) is 4.61. The van der Waals surface area contributed by atoms with Crippen LogP contribution in [-0.4, -0.2) is 28.4 Å². The molecule has 0 bridgehead atoms. The largest absolute Gasteiger partial charge is 0.449 e. The van der Waals surface area contributed by atoms with Crippen LogP contribution in [-0.2, 0) is 12.0 Å². The standard InChI is InChI=1S/C19H20F3N3O2/c1-10-24-14(9-27-10)15(26)7-11-4-5-13(20)12(6-11)19(3)16(21)8-18(2,22)17(23)25-19/h4-6,9,16H,7-8H2,1-3H3,(H2,23,25)/t16-,18+,19+/m0/s1. The molecule has 0 radical (unpaired) electrons. The number of hydrogen-bond acceptors (Lipinski definition) is 5. The fourth-order valence-corrected chi connectivity index (χ4v) is 3.14. The maximum atomic E-state index is 14.8. The Labute approximate surface area is 154 Å². The molecule has 1 aromatic carbocycles. The van der Waals surface area contributed by atoms with E-state index in [1.165, 1.54) is 25.3 Å². The summed E-state index contributed by atoms with van der Waals surface area (Å²) in [6.07, 6.45) is -1.14. The fraction of sp³-hybridized carbons (Fsp3) is 0.421. The van der Waals surface area contributed by atoms with Crippen molar-refractivity contribution in [1.29, 1.82) is 0 Å². The number of carbonyl (C=O) groups is 1. The normalized spacial score (nSPS) is 28.1. The van der Waals surface area contributed by atoms with Gasteiger partial charge in [0, 0.05) is 25.3 Å². The number of halogens is 3. The van der Waals surface area contributed by atoms with Gasteiger partial charge in [-0.1, -0.05) is 6.07 Å². The van der Waals surface area contributed by atoms with Crippen molar-refractivity contribution in [3.63, 3.8) is 0 Å². The number of Topliss-reactive ketones (excluding diaryl/α,β-unsaturated/α-hetero) is 1. The van der Waals surface area contributed by atoms with Gasteiger partial charge < -0.3 is 10.2 Å². The summed E-state index contributed by atoms with van der Waals surface area (Å²) >= 11 is 0. The maximum absolute atomic E-state index is 14.8. The van der Waals surface area contributed by atoms with Gasteiger partial charge in [0.2, 0.25) is 0 Å². The lowest BCUT2D eigenvalue weighted by Crippen LogP contribution is -2.51. The Bertz CT molecular complexity index is 923. The first-order valence-corrected chi connectivity index (χ1v) is 8.46. The van der Waals surface area contributed by atoms with Crippen LogP contribution in [0.25, 0.3) is 0 Å². The summed E-state index contributed by atoms with van der Waals surface area (Å²) in [6.45, 7) is 4.12. The number of aromatic nitrogens is 1. The average Bonchev–Trinajstić information content (AvgIpc) is 3.01. The van der Waals surface area contributed by atoms with E-state index in [0.717, 1.165) is 13.0 Å². The maximum Gasteiger partial charge on any atom is 0.191 e. The van der Waals surface area contributed by atoms with Gasteiger partial charge in [0.25, 0.3) is 0 Å². The molecule has 1 aliphatic rings. The van der Waals surface area contributed by atoms with Crippen LogP contribution >= 0.6 is 0 Å². The number of carbonyl (C=O) groups excluding carboxylic acids is 1. The zero-order valence-electron chi connectivity index (χ0n) is 15.2. The third kappa shape index (κ3) is 3.48. The lowest BCUT2D eigenvalue weighted by molar-refractivity contribution is 0.0988. The lowest BCUT2D eigenvalue weighted by Gasteiger charge is -2.39. The minimum atomic E-state index is -2.09. The molecule has 3 rings (SSSR count).